The molecule has 0 bridgehead atoms. The standard InChI is InChI=1S/C15H24O3/c1-10-8-12(11(2)16)6-7-13(10)18-9-14(17)15(3,4)5/h6-8,11,14,16-17H,9H2,1-5H3. The van der Waals surface area contributed by atoms with Crippen LogP contribution in [0.5, 0.6) is 5.75 Å². The first-order chi connectivity index (χ1) is 8.21. The Kier molecular flexibility index (Phi) is 4.77. The van der Waals surface area contributed by atoms with Crippen LogP contribution in [0.15, 0.2) is 18.2 Å². The molecule has 3 heteroatoms. The lowest BCUT2D eigenvalue weighted by Gasteiger charge is -2.26. The molecule has 1 aromatic carbocycles. The van der Waals surface area contributed by atoms with E-state index in [1.54, 1.807) is 6.92 Å². The fourth-order valence-corrected chi connectivity index (χ4v) is 1.51. The Morgan fingerprint density at radius 2 is 1.83 bits per heavy atom. The zero-order valence-corrected chi connectivity index (χ0v) is 11.9. The molecule has 0 aliphatic heterocycles. The number of aryl methyl sites for hydroxylation is 1. The third-order valence-electron chi connectivity index (χ3n) is 3.08. The van der Waals surface area contributed by atoms with E-state index in [1.165, 1.54) is 0 Å². The summed E-state index contributed by atoms with van der Waals surface area (Å²) in [6, 6.07) is 5.59. The number of aliphatic hydroxyl groups excluding tert-OH is 2. The molecule has 0 aliphatic carbocycles. The lowest BCUT2D eigenvalue weighted by Crippen LogP contribution is -2.32. The topological polar surface area (TPSA) is 49.7 Å². The number of aliphatic hydroxyl groups is 2. The number of ether oxygens (including phenoxy) is 1. The van der Waals surface area contributed by atoms with Gasteiger partial charge in [0.2, 0.25) is 0 Å². The van der Waals surface area contributed by atoms with Gasteiger partial charge in [0.1, 0.15) is 12.4 Å². The number of rotatable bonds is 4. The highest BCUT2D eigenvalue weighted by Crippen LogP contribution is 2.24. The molecule has 102 valence electrons. The quantitative estimate of drug-likeness (QED) is 0.866. The van der Waals surface area contributed by atoms with Gasteiger partial charge >= 0.3 is 0 Å². The second-order valence-electron chi connectivity index (χ2n) is 5.89. The molecule has 0 aliphatic rings. The van der Waals surface area contributed by atoms with Crippen LogP contribution in [0.3, 0.4) is 0 Å². The number of hydrogen-bond donors (Lipinski definition) is 2. The predicted octanol–water partition coefficient (Wildman–Crippen LogP) is 2.83. The second-order valence-corrected chi connectivity index (χ2v) is 5.89. The van der Waals surface area contributed by atoms with Gasteiger partial charge in [0, 0.05) is 0 Å². The third-order valence-corrected chi connectivity index (χ3v) is 3.08. The fourth-order valence-electron chi connectivity index (χ4n) is 1.51. The van der Waals surface area contributed by atoms with Gasteiger partial charge in [-0.25, -0.2) is 0 Å². The number of hydrogen-bond acceptors (Lipinski definition) is 3. The van der Waals surface area contributed by atoms with Crippen LogP contribution in [-0.2, 0) is 0 Å². The lowest BCUT2D eigenvalue weighted by atomic mass is 9.90. The molecule has 0 saturated carbocycles. The van der Waals surface area contributed by atoms with Crippen molar-refractivity contribution in [2.45, 2.75) is 46.8 Å². The van der Waals surface area contributed by atoms with Crippen molar-refractivity contribution in [3.05, 3.63) is 29.3 Å². The van der Waals surface area contributed by atoms with E-state index in [0.29, 0.717) is 0 Å². The van der Waals surface area contributed by atoms with Crippen molar-refractivity contribution in [3.63, 3.8) is 0 Å². The summed E-state index contributed by atoms with van der Waals surface area (Å²) in [5.41, 5.74) is 1.65. The highest BCUT2D eigenvalue weighted by Gasteiger charge is 2.22. The van der Waals surface area contributed by atoms with Crippen molar-refractivity contribution >= 4 is 0 Å². The maximum Gasteiger partial charge on any atom is 0.122 e. The molecule has 0 fully saturated rings. The minimum Gasteiger partial charge on any atom is -0.491 e. The Morgan fingerprint density at radius 1 is 1.22 bits per heavy atom. The van der Waals surface area contributed by atoms with Crippen molar-refractivity contribution in [2.75, 3.05) is 6.61 Å². The van der Waals surface area contributed by atoms with Crippen LogP contribution in [0.1, 0.15) is 44.9 Å². The van der Waals surface area contributed by atoms with Crippen LogP contribution in [0.4, 0.5) is 0 Å². The summed E-state index contributed by atoms with van der Waals surface area (Å²) in [6.07, 6.45) is -0.980. The normalized spacial score (nSPS) is 15.3. The summed E-state index contributed by atoms with van der Waals surface area (Å²) in [7, 11) is 0. The number of benzene rings is 1. The average molecular weight is 252 g/mol. The molecule has 2 unspecified atom stereocenters. The Bertz CT molecular complexity index is 391. The van der Waals surface area contributed by atoms with Crippen LogP contribution < -0.4 is 4.74 Å². The average Bonchev–Trinajstić information content (AvgIpc) is 2.25. The first kappa shape index (κ1) is 15.0. The van der Waals surface area contributed by atoms with Gasteiger partial charge in [-0.3, -0.25) is 0 Å². The molecule has 0 amide bonds. The SMILES string of the molecule is Cc1cc(C(C)O)ccc1OCC(O)C(C)(C)C. The molecule has 2 N–H and O–H groups in total. The van der Waals surface area contributed by atoms with E-state index in [0.717, 1.165) is 16.9 Å². The van der Waals surface area contributed by atoms with Crippen LogP contribution in [-0.4, -0.2) is 22.9 Å². The summed E-state index contributed by atoms with van der Waals surface area (Å²) in [5.74, 6) is 0.753. The Balaban J connectivity index is 2.69. The van der Waals surface area contributed by atoms with E-state index in [-0.39, 0.29) is 12.0 Å². The van der Waals surface area contributed by atoms with E-state index < -0.39 is 12.2 Å². The molecule has 0 radical (unpaired) electrons. The molecular weight excluding hydrogens is 228 g/mol. The van der Waals surface area contributed by atoms with Gasteiger partial charge in [0.05, 0.1) is 12.2 Å². The third kappa shape index (κ3) is 4.00. The summed E-state index contributed by atoms with van der Waals surface area (Å²) in [4.78, 5) is 0. The fraction of sp³-hybridized carbons (Fsp3) is 0.600. The van der Waals surface area contributed by atoms with Crippen LogP contribution in [0, 0.1) is 12.3 Å². The molecule has 0 aromatic heterocycles. The smallest absolute Gasteiger partial charge is 0.122 e. The van der Waals surface area contributed by atoms with Crippen LogP contribution in [0.25, 0.3) is 0 Å². The summed E-state index contributed by atoms with van der Waals surface area (Å²) in [5, 5.41) is 19.4. The Hall–Kier alpha value is -1.06. The maximum atomic E-state index is 9.92. The van der Waals surface area contributed by atoms with Gasteiger partial charge in [-0.1, -0.05) is 26.8 Å². The Morgan fingerprint density at radius 3 is 2.28 bits per heavy atom. The second kappa shape index (κ2) is 5.72. The highest BCUT2D eigenvalue weighted by atomic mass is 16.5. The molecule has 1 aromatic rings. The summed E-state index contributed by atoms with van der Waals surface area (Å²) < 4.78 is 5.63. The monoisotopic (exact) mass is 252 g/mol. The predicted molar refractivity (Wildman–Crippen MR) is 72.8 cm³/mol. The molecule has 18 heavy (non-hydrogen) atoms. The zero-order valence-electron chi connectivity index (χ0n) is 11.9. The van der Waals surface area contributed by atoms with Crippen molar-refractivity contribution < 1.29 is 14.9 Å². The van der Waals surface area contributed by atoms with E-state index in [2.05, 4.69) is 0 Å². The van der Waals surface area contributed by atoms with Gasteiger partial charge < -0.3 is 14.9 Å². The van der Waals surface area contributed by atoms with Crippen molar-refractivity contribution in [1.29, 1.82) is 0 Å². The van der Waals surface area contributed by atoms with Gasteiger partial charge in [0.25, 0.3) is 0 Å². The van der Waals surface area contributed by atoms with Gasteiger partial charge in [0.15, 0.2) is 0 Å². The van der Waals surface area contributed by atoms with Gasteiger partial charge in [-0.05, 0) is 42.5 Å². The largest absolute Gasteiger partial charge is 0.491 e. The minimum absolute atomic E-state index is 0.187. The highest BCUT2D eigenvalue weighted by molar-refractivity contribution is 5.36. The Labute approximate surface area is 109 Å². The van der Waals surface area contributed by atoms with Gasteiger partial charge in [-0.2, -0.15) is 0 Å². The molecule has 3 nitrogen and oxygen atoms in total. The van der Waals surface area contributed by atoms with E-state index in [9.17, 15) is 10.2 Å². The summed E-state index contributed by atoms with van der Waals surface area (Å²) in [6.45, 7) is 9.88. The molecule has 2 atom stereocenters. The molecule has 0 saturated heterocycles. The van der Waals surface area contributed by atoms with Gasteiger partial charge in [-0.15, -0.1) is 0 Å². The van der Waals surface area contributed by atoms with Crippen LogP contribution >= 0.6 is 0 Å². The molecule has 1 rings (SSSR count). The molecule has 0 heterocycles. The molecular formula is C15H24O3. The first-order valence-electron chi connectivity index (χ1n) is 6.31. The first-order valence-corrected chi connectivity index (χ1v) is 6.31. The maximum absolute atomic E-state index is 9.92. The lowest BCUT2D eigenvalue weighted by molar-refractivity contribution is 0.0216. The van der Waals surface area contributed by atoms with E-state index in [1.807, 2.05) is 45.9 Å². The van der Waals surface area contributed by atoms with Crippen LogP contribution in [0.2, 0.25) is 0 Å². The minimum atomic E-state index is -0.506. The van der Waals surface area contributed by atoms with E-state index in [4.69, 9.17) is 4.74 Å². The zero-order chi connectivity index (χ0) is 13.9. The van der Waals surface area contributed by atoms with E-state index >= 15 is 0 Å². The van der Waals surface area contributed by atoms with Crippen molar-refractivity contribution in [2.24, 2.45) is 5.41 Å². The van der Waals surface area contributed by atoms with Crippen molar-refractivity contribution in [1.82, 2.24) is 0 Å². The molecule has 0 spiro atoms. The summed E-state index contributed by atoms with van der Waals surface area (Å²) >= 11 is 0. The van der Waals surface area contributed by atoms with Crippen molar-refractivity contribution in [3.8, 4) is 5.75 Å².